The lowest BCUT2D eigenvalue weighted by molar-refractivity contribution is -0.138. The van der Waals surface area contributed by atoms with E-state index in [9.17, 15) is 18.0 Å². The molecule has 112 valence electrons. The van der Waals surface area contributed by atoms with E-state index in [1.807, 2.05) is 0 Å². The Kier molecular flexibility index (Phi) is 3.70. The molecule has 3 rings (SSSR count). The number of aromatic nitrogens is 2. The number of fused-ring (bicyclic) bond motifs is 1. The molecule has 1 N–H and O–H groups in total. The van der Waals surface area contributed by atoms with Gasteiger partial charge in [0.05, 0.1) is 5.56 Å². The van der Waals surface area contributed by atoms with Crippen molar-refractivity contribution < 1.29 is 18.0 Å². The van der Waals surface area contributed by atoms with Gasteiger partial charge in [0.2, 0.25) is 10.1 Å². The van der Waals surface area contributed by atoms with E-state index in [2.05, 4.69) is 15.5 Å². The first-order valence-corrected chi connectivity index (χ1v) is 7.96. The van der Waals surface area contributed by atoms with Crippen LogP contribution in [0.5, 0.6) is 0 Å². The van der Waals surface area contributed by atoms with Gasteiger partial charge < -0.3 is 0 Å². The molecule has 0 saturated heterocycles. The van der Waals surface area contributed by atoms with Crippen LogP contribution < -0.4 is 5.32 Å². The molecule has 1 amide bonds. The van der Waals surface area contributed by atoms with Crippen LogP contribution in [0.15, 0.2) is 5.38 Å². The molecule has 0 bridgehead atoms. The summed E-state index contributed by atoms with van der Waals surface area (Å²) in [5, 5.41) is 9.37. The van der Waals surface area contributed by atoms with Crippen LogP contribution in [0, 0.1) is 0 Å². The standard InChI is InChI=1S/C12H10F3N3OS2/c13-12(14,15)10-17-18-11(21-10)16-9(19)7-5-20-8-4-2-1-3-6(7)8/h5H,1-4H2,(H,16,18,19). The van der Waals surface area contributed by atoms with Gasteiger partial charge in [-0.05, 0) is 31.2 Å². The van der Waals surface area contributed by atoms with Crippen LogP contribution in [0.4, 0.5) is 18.3 Å². The molecule has 0 aromatic carbocycles. The number of halogens is 3. The molecule has 2 aromatic rings. The fourth-order valence-electron chi connectivity index (χ4n) is 2.24. The van der Waals surface area contributed by atoms with Gasteiger partial charge in [0, 0.05) is 10.3 Å². The highest BCUT2D eigenvalue weighted by atomic mass is 32.1. The largest absolute Gasteiger partial charge is 0.445 e. The number of hydrogen-bond acceptors (Lipinski definition) is 5. The third-order valence-corrected chi connectivity index (χ3v) is 5.17. The summed E-state index contributed by atoms with van der Waals surface area (Å²) in [4.78, 5) is 13.4. The number of nitrogens with one attached hydrogen (secondary N) is 1. The molecule has 0 saturated carbocycles. The number of anilines is 1. The average Bonchev–Trinajstić information content (AvgIpc) is 3.03. The van der Waals surface area contributed by atoms with Crippen LogP contribution in [0.2, 0.25) is 0 Å². The van der Waals surface area contributed by atoms with Crippen molar-refractivity contribution in [2.24, 2.45) is 0 Å². The van der Waals surface area contributed by atoms with Crippen molar-refractivity contribution in [1.82, 2.24) is 10.2 Å². The highest BCUT2D eigenvalue weighted by Crippen LogP contribution is 2.34. The Balaban J connectivity index is 1.78. The fourth-order valence-corrected chi connectivity index (χ4v) is 3.97. The maximum Gasteiger partial charge on any atom is 0.445 e. The second-order valence-corrected chi connectivity index (χ2v) is 6.56. The lowest BCUT2D eigenvalue weighted by Gasteiger charge is -2.12. The van der Waals surface area contributed by atoms with Crippen LogP contribution >= 0.6 is 22.7 Å². The van der Waals surface area contributed by atoms with Crippen molar-refractivity contribution in [2.45, 2.75) is 31.9 Å². The summed E-state index contributed by atoms with van der Waals surface area (Å²) >= 11 is 1.85. The smallest absolute Gasteiger partial charge is 0.296 e. The predicted octanol–water partition coefficient (Wildman–Crippen LogP) is 3.75. The molecular weight excluding hydrogens is 323 g/mol. The predicted molar refractivity (Wildman–Crippen MR) is 73.8 cm³/mol. The van der Waals surface area contributed by atoms with Crippen LogP contribution in [0.1, 0.15) is 38.6 Å². The number of amides is 1. The zero-order valence-electron chi connectivity index (χ0n) is 10.7. The molecule has 2 aromatic heterocycles. The lowest BCUT2D eigenvalue weighted by atomic mass is 9.96. The number of nitrogens with zero attached hydrogens (tertiary/aromatic N) is 2. The second kappa shape index (κ2) is 5.38. The van der Waals surface area contributed by atoms with E-state index < -0.39 is 17.1 Å². The summed E-state index contributed by atoms with van der Waals surface area (Å²) in [5.74, 6) is -0.417. The number of hydrogen-bond donors (Lipinski definition) is 1. The number of carbonyl (C=O) groups excluding carboxylic acids is 1. The van der Waals surface area contributed by atoms with E-state index in [-0.39, 0.29) is 5.13 Å². The van der Waals surface area contributed by atoms with Crippen molar-refractivity contribution in [3.05, 3.63) is 26.4 Å². The third kappa shape index (κ3) is 2.93. The van der Waals surface area contributed by atoms with Gasteiger partial charge in [-0.2, -0.15) is 13.2 Å². The second-order valence-electron chi connectivity index (χ2n) is 4.62. The van der Waals surface area contributed by atoms with E-state index in [0.717, 1.165) is 31.2 Å². The lowest BCUT2D eigenvalue weighted by Crippen LogP contribution is -2.14. The Morgan fingerprint density at radius 2 is 2.00 bits per heavy atom. The minimum atomic E-state index is -4.54. The van der Waals surface area contributed by atoms with Crippen LogP contribution in [-0.2, 0) is 19.0 Å². The maximum atomic E-state index is 12.4. The van der Waals surface area contributed by atoms with Crippen LogP contribution in [0.25, 0.3) is 0 Å². The highest BCUT2D eigenvalue weighted by molar-refractivity contribution is 7.15. The summed E-state index contributed by atoms with van der Waals surface area (Å²) < 4.78 is 37.3. The van der Waals surface area contributed by atoms with Crippen LogP contribution in [0.3, 0.4) is 0 Å². The molecule has 0 aliphatic heterocycles. The summed E-state index contributed by atoms with van der Waals surface area (Å²) in [5.41, 5.74) is 1.56. The zero-order chi connectivity index (χ0) is 15.0. The first-order valence-electron chi connectivity index (χ1n) is 6.26. The quantitative estimate of drug-likeness (QED) is 0.911. The summed E-state index contributed by atoms with van der Waals surface area (Å²) in [7, 11) is 0. The third-order valence-electron chi connectivity index (χ3n) is 3.19. The Labute approximate surface area is 126 Å². The van der Waals surface area contributed by atoms with Gasteiger partial charge in [-0.3, -0.25) is 10.1 Å². The summed E-state index contributed by atoms with van der Waals surface area (Å²) in [6, 6.07) is 0. The number of alkyl halides is 3. The molecule has 1 aliphatic carbocycles. The minimum absolute atomic E-state index is 0.136. The van der Waals surface area contributed by atoms with Gasteiger partial charge in [0.15, 0.2) is 0 Å². The molecular formula is C12H10F3N3OS2. The van der Waals surface area contributed by atoms with Crippen molar-refractivity contribution >= 4 is 33.7 Å². The van der Waals surface area contributed by atoms with E-state index in [1.165, 1.54) is 16.2 Å². The molecule has 4 nitrogen and oxygen atoms in total. The fraction of sp³-hybridized carbons (Fsp3) is 0.417. The number of thiophene rings is 1. The molecule has 2 heterocycles. The van der Waals surface area contributed by atoms with Gasteiger partial charge in [-0.1, -0.05) is 11.3 Å². The van der Waals surface area contributed by atoms with Crippen LogP contribution in [-0.4, -0.2) is 16.1 Å². The Morgan fingerprint density at radius 3 is 2.71 bits per heavy atom. The number of aryl methyl sites for hydroxylation is 1. The van der Waals surface area contributed by atoms with E-state index >= 15 is 0 Å². The van der Waals surface area contributed by atoms with E-state index in [0.29, 0.717) is 16.9 Å². The van der Waals surface area contributed by atoms with Gasteiger partial charge in [0.25, 0.3) is 5.91 Å². The molecule has 0 fully saturated rings. The first kappa shape index (κ1) is 14.5. The normalized spacial score (nSPS) is 14.8. The number of rotatable bonds is 2. The van der Waals surface area contributed by atoms with Crippen molar-refractivity contribution in [1.29, 1.82) is 0 Å². The molecule has 1 aliphatic rings. The monoisotopic (exact) mass is 333 g/mol. The first-order chi connectivity index (χ1) is 9.95. The van der Waals surface area contributed by atoms with Gasteiger partial charge in [0.1, 0.15) is 0 Å². The van der Waals surface area contributed by atoms with Crippen molar-refractivity contribution in [2.75, 3.05) is 5.32 Å². The van der Waals surface area contributed by atoms with Crippen molar-refractivity contribution in [3.8, 4) is 0 Å². The average molecular weight is 333 g/mol. The highest BCUT2D eigenvalue weighted by Gasteiger charge is 2.36. The minimum Gasteiger partial charge on any atom is -0.296 e. The van der Waals surface area contributed by atoms with E-state index in [1.54, 1.807) is 5.38 Å². The Morgan fingerprint density at radius 1 is 1.24 bits per heavy atom. The molecule has 9 heteroatoms. The molecule has 0 atom stereocenters. The molecule has 0 spiro atoms. The van der Waals surface area contributed by atoms with Crippen molar-refractivity contribution in [3.63, 3.8) is 0 Å². The maximum absolute atomic E-state index is 12.4. The van der Waals surface area contributed by atoms with Gasteiger partial charge in [-0.25, -0.2) is 0 Å². The topological polar surface area (TPSA) is 54.9 Å². The summed E-state index contributed by atoms with van der Waals surface area (Å²) in [6.07, 6.45) is -0.598. The summed E-state index contributed by atoms with van der Waals surface area (Å²) in [6.45, 7) is 0. The molecule has 0 radical (unpaired) electrons. The molecule has 21 heavy (non-hydrogen) atoms. The number of carbonyl (C=O) groups is 1. The van der Waals surface area contributed by atoms with E-state index in [4.69, 9.17) is 0 Å². The SMILES string of the molecule is O=C(Nc1nnc(C(F)(F)F)s1)c1csc2c1CCCC2. The Hall–Kier alpha value is -1.48. The van der Waals surface area contributed by atoms with Gasteiger partial charge >= 0.3 is 6.18 Å². The Bertz CT molecular complexity index is 678. The molecule has 0 unspecified atom stereocenters. The van der Waals surface area contributed by atoms with Gasteiger partial charge in [-0.15, -0.1) is 21.5 Å². The zero-order valence-corrected chi connectivity index (χ0v) is 12.3.